The summed E-state index contributed by atoms with van der Waals surface area (Å²) in [4.78, 5) is 4.03. The lowest BCUT2D eigenvalue weighted by molar-refractivity contribution is 0.289. The minimum absolute atomic E-state index is 0.606. The molecule has 1 aliphatic rings. The van der Waals surface area contributed by atoms with E-state index in [1.807, 2.05) is 24.5 Å². The van der Waals surface area contributed by atoms with E-state index in [-0.39, 0.29) is 0 Å². The first-order chi connectivity index (χ1) is 9.33. The van der Waals surface area contributed by atoms with Gasteiger partial charge in [-0.25, -0.2) is 0 Å². The van der Waals surface area contributed by atoms with Crippen LogP contribution in [0.5, 0.6) is 0 Å². The first-order valence-corrected chi connectivity index (χ1v) is 7.07. The molecule has 0 atom stereocenters. The Bertz CT molecular complexity index is 535. The second-order valence-electron chi connectivity index (χ2n) is 5.12. The van der Waals surface area contributed by atoms with Crippen molar-refractivity contribution in [2.75, 3.05) is 0 Å². The standard InChI is InChI=1S/C16H17ClN2/c17-16-4-2-1-3-15(16)13-9-14(10-13)19-11-12-5-7-18-8-6-12/h1-8,13-14,19H,9-11H2. The highest BCUT2D eigenvalue weighted by Crippen LogP contribution is 2.39. The van der Waals surface area contributed by atoms with E-state index in [0.29, 0.717) is 12.0 Å². The maximum atomic E-state index is 6.23. The number of hydrogen-bond acceptors (Lipinski definition) is 2. The highest BCUT2D eigenvalue weighted by Gasteiger charge is 2.30. The summed E-state index contributed by atoms with van der Waals surface area (Å²) in [6.07, 6.45) is 6.03. The maximum Gasteiger partial charge on any atom is 0.0440 e. The molecular formula is C16H17ClN2. The Morgan fingerprint density at radius 3 is 2.58 bits per heavy atom. The van der Waals surface area contributed by atoms with E-state index in [1.165, 1.54) is 24.0 Å². The molecule has 19 heavy (non-hydrogen) atoms. The molecule has 1 aromatic carbocycles. The lowest BCUT2D eigenvalue weighted by atomic mass is 9.76. The van der Waals surface area contributed by atoms with E-state index in [2.05, 4.69) is 34.6 Å². The Labute approximate surface area is 118 Å². The number of benzene rings is 1. The topological polar surface area (TPSA) is 24.9 Å². The molecule has 1 aliphatic carbocycles. The van der Waals surface area contributed by atoms with Gasteiger partial charge in [-0.15, -0.1) is 0 Å². The van der Waals surface area contributed by atoms with Gasteiger partial charge in [0, 0.05) is 30.0 Å². The first kappa shape index (κ1) is 12.6. The van der Waals surface area contributed by atoms with Crippen molar-refractivity contribution >= 4 is 11.6 Å². The molecule has 1 N–H and O–H groups in total. The fraction of sp³-hybridized carbons (Fsp3) is 0.312. The molecule has 1 fully saturated rings. The average molecular weight is 273 g/mol. The summed E-state index contributed by atoms with van der Waals surface area (Å²) in [7, 11) is 0. The summed E-state index contributed by atoms with van der Waals surface area (Å²) < 4.78 is 0. The van der Waals surface area contributed by atoms with Crippen molar-refractivity contribution in [3.8, 4) is 0 Å². The Hall–Kier alpha value is -1.38. The zero-order valence-electron chi connectivity index (χ0n) is 10.7. The van der Waals surface area contributed by atoms with Gasteiger partial charge in [0.05, 0.1) is 0 Å². The molecule has 0 unspecified atom stereocenters. The fourth-order valence-electron chi connectivity index (χ4n) is 2.61. The molecule has 0 amide bonds. The third-order valence-corrected chi connectivity index (χ3v) is 4.17. The highest BCUT2D eigenvalue weighted by atomic mass is 35.5. The largest absolute Gasteiger partial charge is 0.310 e. The van der Waals surface area contributed by atoms with E-state index in [0.717, 1.165) is 11.6 Å². The SMILES string of the molecule is Clc1ccccc1C1CC(NCc2ccncc2)C1. The van der Waals surface area contributed by atoms with Crippen LogP contribution in [0.4, 0.5) is 0 Å². The average Bonchev–Trinajstić information content (AvgIpc) is 2.40. The predicted octanol–water partition coefficient (Wildman–Crippen LogP) is 3.77. The van der Waals surface area contributed by atoms with Crippen LogP contribution in [0.15, 0.2) is 48.8 Å². The van der Waals surface area contributed by atoms with Crippen molar-refractivity contribution in [2.24, 2.45) is 0 Å². The van der Waals surface area contributed by atoms with Crippen molar-refractivity contribution < 1.29 is 0 Å². The summed E-state index contributed by atoms with van der Waals surface area (Å²) in [6, 6.07) is 12.9. The smallest absolute Gasteiger partial charge is 0.0440 e. The van der Waals surface area contributed by atoms with E-state index < -0.39 is 0 Å². The van der Waals surface area contributed by atoms with Gasteiger partial charge >= 0.3 is 0 Å². The molecule has 0 aliphatic heterocycles. The van der Waals surface area contributed by atoms with Gasteiger partial charge in [-0.05, 0) is 48.1 Å². The van der Waals surface area contributed by atoms with Crippen molar-refractivity contribution in [1.82, 2.24) is 10.3 Å². The zero-order chi connectivity index (χ0) is 13.1. The minimum Gasteiger partial charge on any atom is -0.310 e. The number of aromatic nitrogens is 1. The van der Waals surface area contributed by atoms with Gasteiger partial charge in [-0.3, -0.25) is 4.98 Å². The van der Waals surface area contributed by atoms with Crippen LogP contribution in [0.3, 0.4) is 0 Å². The predicted molar refractivity (Wildman–Crippen MR) is 78.3 cm³/mol. The quantitative estimate of drug-likeness (QED) is 0.916. The van der Waals surface area contributed by atoms with E-state index >= 15 is 0 Å². The number of halogens is 1. The van der Waals surface area contributed by atoms with Gasteiger partial charge in [0.15, 0.2) is 0 Å². The summed E-state index contributed by atoms with van der Waals surface area (Å²) >= 11 is 6.23. The fourth-order valence-corrected chi connectivity index (χ4v) is 2.90. The summed E-state index contributed by atoms with van der Waals surface area (Å²) in [6.45, 7) is 0.919. The van der Waals surface area contributed by atoms with Gasteiger partial charge in [0.1, 0.15) is 0 Å². The maximum absolute atomic E-state index is 6.23. The lowest BCUT2D eigenvalue weighted by Crippen LogP contribution is -2.39. The van der Waals surface area contributed by atoms with Gasteiger partial charge in [0.25, 0.3) is 0 Å². The van der Waals surface area contributed by atoms with E-state index in [4.69, 9.17) is 11.6 Å². The van der Waals surface area contributed by atoms with Crippen LogP contribution in [-0.4, -0.2) is 11.0 Å². The molecule has 1 saturated carbocycles. The van der Waals surface area contributed by atoms with Crippen molar-refractivity contribution in [3.05, 3.63) is 64.9 Å². The molecule has 3 heteroatoms. The molecule has 2 nitrogen and oxygen atoms in total. The molecule has 0 radical (unpaired) electrons. The van der Waals surface area contributed by atoms with Crippen molar-refractivity contribution in [2.45, 2.75) is 31.3 Å². The van der Waals surface area contributed by atoms with Crippen LogP contribution in [0.2, 0.25) is 5.02 Å². The number of hydrogen-bond donors (Lipinski definition) is 1. The summed E-state index contributed by atoms with van der Waals surface area (Å²) in [5.74, 6) is 0.614. The molecule has 98 valence electrons. The third kappa shape index (κ3) is 2.96. The second-order valence-corrected chi connectivity index (χ2v) is 5.53. The molecule has 1 heterocycles. The highest BCUT2D eigenvalue weighted by molar-refractivity contribution is 6.31. The molecule has 2 aromatic rings. The second kappa shape index (κ2) is 5.72. The van der Waals surface area contributed by atoms with Gasteiger partial charge < -0.3 is 5.32 Å². The van der Waals surface area contributed by atoms with Crippen molar-refractivity contribution in [1.29, 1.82) is 0 Å². The van der Waals surface area contributed by atoms with Crippen LogP contribution >= 0.6 is 11.6 Å². The first-order valence-electron chi connectivity index (χ1n) is 6.69. The Morgan fingerprint density at radius 1 is 1.11 bits per heavy atom. The third-order valence-electron chi connectivity index (χ3n) is 3.83. The van der Waals surface area contributed by atoms with E-state index in [9.17, 15) is 0 Å². The normalized spacial score (nSPS) is 21.9. The summed E-state index contributed by atoms with van der Waals surface area (Å²) in [5.41, 5.74) is 2.59. The Kier molecular flexibility index (Phi) is 3.81. The summed E-state index contributed by atoms with van der Waals surface area (Å²) in [5, 5.41) is 4.49. The Morgan fingerprint density at radius 2 is 1.84 bits per heavy atom. The van der Waals surface area contributed by atoms with Crippen LogP contribution < -0.4 is 5.32 Å². The minimum atomic E-state index is 0.606. The molecule has 0 saturated heterocycles. The monoisotopic (exact) mass is 272 g/mol. The van der Waals surface area contributed by atoms with Crippen LogP contribution in [-0.2, 0) is 6.54 Å². The molecule has 3 rings (SSSR count). The number of pyridine rings is 1. The number of nitrogens with one attached hydrogen (secondary N) is 1. The van der Waals surface area contributed by atoms with Crippen molar-refractivity contribution in [3.63, 3.8) is 0 Å². The zero-order valence-corrected chi connectivity index (χ0v) is 11.5. The number of nitrogens with zero attached hydrogens (tertiary/aromatic N) is 1. The van der Waals surface area contributed by atoms with Gasteiger partial charge in [-0.2, -0.15) is 0 Å². The van der Waals surface area contributed by atoms with Gasteiger partial charge in [-0.1, -0.05) is 29.8 Å². The van der Waals surface area contributed by atoms with Crippen LogP contribution in [0.1, 0.15) is 29.9 Å². The van der Waals surface area contributed by atoms with Gasteiger partial charge in [0.2, 0.25) is 0 Å². The lowest BCUT2D eigenvalue weighted by Gasteiger charge is -2.36. The van der Waals surface area contributed by atoms with Crippen LogP contribution in [0, 0.1) is 0 Å². The molecule has 1 aromatic heterocycles. The number of rotatable bonds is 4. The Balaban J connectivity index is 1.50. The molecule has 0 spiro atoms. The molecule has 0 bridgehead atoms. The van der Waals surface area contributed by atoms with Crippen LogP contribution in [0.25, 0.3) is 0 Å². The molecular weight excluding hydrogens is 256 g/mol. The van der Waals surface area contributed by atoms with E-state index in [1.54, 1.807) is 0 Å².